The third-order valence-electron chi connectivity index (χ3n) is 7.34. The second-order valence-electron chi connectivity index (χ2n) is 10.5. The molecule has 2 aliphatic heterocycles. The van der Waals surface area contributed by atoms with E-state index in [2.05, 4.69) is 21.4 Å². The minimum atomic E-state index is -1.80. The number of nitrogens with zero attached hydrogens (tertiary/aromatic N) is 4. The molecule has 11 heteroatoms. The third-order valence-corrected chi connectivity index (χ3v) is 7.58. The molecule has 9 nitrogen and oxygen atoms in total. The average Bonchev–Trinajstić information content (AvgIpc) is 3.55. The summed E-state index contributed by atoms with van der Waals surface area (Å²) in [5.74, 6) is -1.46. The monoisotopic (exact) mass is 536 g/mol. The maximum Gasteiger partial charge on any atom is 0.270 e. The summed E-state index contributed by atoms with van der Waals surface area (Å²) in [6.45, 7) is 2.56. The molecule has 0 radical (unpaired) electrons. The van der Waals surface area contributed by atoms with Gasteiger partial charge in [-0.1, -0.05) is 11.6 Å². The van der Waals surface area contributed by atoms with Gasteiger partial charge in [0, 0.05) is 48.7 Å². The second-order valence-corrected chi connectivity index (χ2v) is 11.0. The number of likely N-dealkylation sites (tertiary alicyclic amines) is 1. The van der Waals surface area contributed by atoms with E-state index in [0.29, 0.717) is 27.3 Å². The molecule has 2 N–H and O–H groups in total. The maximum absolute atomic E-state index is 15.0. The number of hydrogen-bond acceptors (Lipinski definition) is 5. The predicted octanol–water partition coefficient (Wildman–Crippen LogP) is 3.81. The van der Waals surface area contributed by atoms with Gasteiger partial charge in [-0.3, -0.25) is 14.4 Å². The molecule has 0 aliphatic carbocycles. The number of alkyl halides is 1. The van der Waals surface area contributed by atoms with Crippen LogP contribution in [0.2, 0.25) is 5.02 Å². The van der Waals surface area contributed by atoms with Gasteiger partial charge in [-0.2, -0.15) is 5.26 Å². The van der Waals surface area contributed by atoms with Gasteiger partial charge < -0.3 is 20.1 Å². The van der Waals surface area contributed by atoms with Gasteiger partial charge in [-0.25, -0.2) is 9.37 Å². The van der Waals surface area contributed by atoms with Crippen LogP contribution in [0.5, 0.6) is 0 Å². The van der Waals surface area contributed by atoms with Crippen LogP contribution in [-0.2, 0) is 15.0 Å². The first-order valence-electron chi connectivity index (χ1n) is 12.1. The van der Waals surface area contributed by atoms with Crippen LogP contribution in [0.4, 0.5) is 10.1 Å². The molecule has 0 bridgehead atoms. The van der Waals surface area contributed by atoms with Crippen molar-refractivity contribution in [3.8, 4) is 6.07 Å². The number of aromatic amines is 1. The number of pyridine rings is 1. The molecule has 3 amide bonds. The molecule has 1 saturated heterocycles. The third kappa shape index (κ3) is 4.27. The molecule has 1 fully saturated rings. The van der Waals surface area contributed by atoms with Crippen molar-refractivity contribution in [1.82, 2.24) is 19.8 Å². The molecule has 2 aliphatic rings. The lowest BCUT2D eigenvalue weighted by atomic mass is 9.80. The van der Waals surface area contributed by atoms with Gasteiger partial charge in [0.25, 0.3) is 5.91 Å². The van der Waals surface area contributed by atoms with E-state index in [1.165, 1.54) is 30.7 Å². The van der Waals surface area contributed by atoms with Crippen molar-refractivity contribution >= 4 is 46.0 Å². The van der Waals surface area contributed by atoms with Gasteiger partial charge in [-0.05, 0) is 55.8 Å². The fraction of sp³-hybridized carbons (Fsp3) is 0.370. The molecule has 2 aromatic heterocycles. The van der Waals surface area contributed by atoms with Gasteiger partial charge in [-0.15, -0.1) is 0 Å². The van der Waals surface area contributed by atoms with Crippen molar-refractivity contribution in [1.29, 1.82) is 5.26 Å². The van der Waals surface area contributed by atoms with Crippen molar-refractivity contribution in [2.45, 2.75) is 49.9 Å². The Bertz CT molecular complexity index is 1480. The molecule has 38 heavy (non-hydrogen) atoms. The Balaban J connectivity index is 1.49. The van der Waals surface area contributed by atoms with E-state index in [0.717, 1.165) is 0 Å². The molecule has 3 aromatic rings. The maximum atomic E-state index is 15.0. The van der Waals surface area contributed by atoms with E-state index in [1.807, 2.05) is 0 Å². The fourth-order valence-electron chi connectivity index (χ4n) is 5.44. The Labute approximate surface area is 223 Å². The number of halogens is 2. The number of nitrogens with one attached hydrogen (secondary N) is 2. The second kappa shape index (κ2) is 9.10. The summed E-state index contributed by atoms with van der Waals surface area (Å²) in [7, 11) is 1.43. The van der Waals surface area contributed by atoms with Gasteiger partial charge in [0.05, 0.1) is 11.5 Å². The number of fused-ring (bicyclic) bond motifs is 3. The van der Waals surface area contributed by atoms with Gasteiger partial charge in [0.15, 0.2) is 0 Å². The smallest absolute Gasteiger partial charge is 0.270 e. The Kier molecular flexibility index (Phi) is 6.15. The van der Waals surface area contributed by atoms with E-state index in [9.17, 15) is 24.0 Å². The summed E-state index contributed by atoms with van der Waals surface area (Å²) in [4.78, 5) is 50.2. The number of rotatable bonds is 5. The highest BCUT2D eigenvalue weighted by atomic mass is 35.5. The number of amides is 3. The van der Waals surface area contributed by atoms with Gasteiger partial charge in [0.2, 0.25) is 11.8 Å². The highest BCUT2D eigenvalue weighted by molar-refractivity contribution is 6.31. The van der Waals surface area contributed by atoms with Crippen LogP contribution in [0.15, 0.2) is 42.6 Å². The molecule has 0 saturated carbocycles. The van der Waals surface area contributed by atoms with Crippen LogP contribution >= 0.6 is 11.6 Å². The summed E-state index contributed by atoms with van der Waals surface area (Å²) in [5, 5.41) is 13.9. The van der Waals surface area contributed by atoms with E-state index >= 15 is 0 Å². The average molecular weight is 537 g/mol. The predicted molar refractivity (Wildman–Crippen MR) is 139 cm³/mol. The number of benzene rings is 1. The molecule has 0 unspecified atom stereocenters. The first kappa shape index (κ1) is 25.7. The van der Waals surface area contributed by atoms with Crippen molar-refractivity contribution in [2.75, 3.05) is 18.9 Å². The van der Waals surface area contributed by atoms with Crippen LogP contribution in [0.1, 0.15) is 42.7 Å². The summed E-state index contributed by atoms with van der Waals surface area (Å²) in [5.41, 5.74) is -1.08. The summed E-state index contributed by atoms with van der Waals surface area (Å²) < 4.78 is 15.0. The first-order valence-corrected chi connectivity index (χ1v) is 12.5. The summed E-state index contributed by atoms with van der Waals surface area (Å²) in [6, 6.07) is 10.1. The van der Waals surface area contributed by atoms with E-state index in [1.54, 1.807) is 42.6 Å². The minimum absolute atomic E-state index is 0.0610. The van der Waals surface area contributed by atoms with Crippen molar-refractivity contribution in [3.63, 3.8) is 0 Å². The lowest BCUT2D eigenvalue weighted by Gasteiger charge is -2.34. The fourth-order valence-corrected chi connectivity index (χ4v) is 5.62. The highest BCUT2D eigenvalue weighted by Gasteiger charge is 2.57. The highest BCUT2D eigenvalue weighted by Crippen LogP contribution is 2.47. The topological polar surface area (TPSA) is 122 Å². The number of aromatic nitrogens is 2. The largest absolute Gasteiger partial charge is 0.335 e. The number of likely N-dealkylation sites (N-methyl/N-ethyl adjacent to an activating group) is 1. The zero-order valence-electron chi connectivity index (χ0n) is 21.1. The Morgan fingerprint density at radius 2 is 2.13 bits per heavy atom. The molecule has 3 atom stereocenters. The number of carbonyl (C=O) groups excluding carboxylic acids is 3. The first-order chi connectivity index (χ1) is 17.9. The Morgan fingerprint density at radius 1 is 1.37 bits per heavy atom. The number of hydrogen-bond donors (Lipinski definition) is 2. The molecule has 1 aromatic carbocycles. The zero-order chi connectivity index (χ0) is 27.4. The quantitative estimate of drug-likeness (QED) is 0.513. The lowest BCUT2D eigenvalue weighted by molar-refractivity contribution is -0.137. The lowest BCUT2D eigenvalue weighted by Crippen LogP contribution is -2.53. The van der Waals surface area contributed by atoms with Crippen LogP contribution in [0.25, 0.3) is 11.0 Å². The molecule has 196 valence electrons. The molecular weight excluding hydrogens is 511 g/mol. The van der Waals surface area contributed by atoms with E-state index in [-0.39, 0.29) is 31.0 Å². The molecule has 4 heterocycles. The SMILES string of the molecule is CN(C(=O)c1cc2cccnc2[nH]1)[C@@H](CC(C)(C)F)C(=O)N1C[C@]2(C[C@H]1C#N)C(=O)Nc1ccc(Cl)cc12. The minimum Gasteiger partial charge on any atom is -0.335 e. The van der Waals surface area contributed by atoms with Crippen molar-refractivity contribution < 1.29 is 18.8 Å². The van der Waals surface area contributed by atoms with Crippen molar-refractivity contribution in [3.05, 3.63) is 58.9 Å². The standard InChI is InChI=1S/C27H26ClFN6O3/c1-26(2,29)12-21(34(3)23(36)20-9-15-5-4-8-31-22(15)32-20)24(37)35-14-27(11-17(35)13-30)18-10-16(28)6-7-19(18)33-25(27)38/h4-10,17,21H,11-12,14H2,1-3H3,(H,31,32)(H,33,38)/t17-,21-,27-/m0/s1. The van der Waals surface area contributed by atoms with Gasteiger partial charge >= 0.3 is 0 Å². The van der Waals surface area contributed by atoms with Crippen LogP contribution in [-0.4, -0.2) is 68.8 Å². The Hall–Kier alpha value is -3.97. The van der Waals surface area contributed by atoms with E-state index < -0.39 is 35.0 Å². The molecular formula is C27H26ClFN6O3. The van der Waals surface area contributed by atoms with E-state index in [4.69, 9.17) is 11.6 Å². The summed E-state index contributed by atoms with van der Waals surface area (Å²) >= 11 is 6.21. The number of H-pyrrole nitrogens is 1. The Morgan fingerprint density at radius 3 is 2.82 bits per heavy atom. The normalized spacial score (nSPS) is 21.3. The number of carbonyl (C=O) groups is 3. The van der Waals surface area contributed by atoms with Crippen LogP contribution in [0.3, 0.4) is 0 Å². The van der Waals surface area contributed by atoms with Crippen LogP contribution in [0, 0.1) is 11.3 Å². The van der Waals surface area contributed by atoms with Gasteiger partial charge in [0.1, 0.15) is 29.1 Å². The molecule has 5 rings (SSSR count). The zero-order valence-corrected chi connectivity index (χ0v) is 21.8. The van der Waals surface area contributed by atoms with Crippen LogP contribution < -0.4 is 5.32 Å². The molecule has 1 spiro atoms. The summed E-state index contributed by atoms with van der Waals surface area (Å²) in [6.07, 6.45) is 1.35. The van der Waals surface area contributed by atoms with Crippen molar-refractivity contribution in [2.24, 2.45) is 0 Å². The number of nitriles is 1. The number of anilines is 1.